The maximum absolute atomic E-state index is 12.4. The zero-order valence-corrected chi connectivity index (χ0v) is 15.3. The predicted molar refractivity (Wildman–Crippen MR) is 101 cm³/mol. The average molecular weight is 400 g/mol. The second-order valence-electron chi connectivity index (χ2n) is 5.60. The molecule has 1 aliphatic heterocycles. The van der Waals surface area contributed by atoms with Crippen LogP contribution in [0.1, 0.15) is 16.8 Å². The van der Waals surface area contributed by atoms with Crippen molar-refractivity contribution in [2.45, 2.75) is 6.42 Å². The normalized spacial score (nSPS) is 16.0. The van der Waals surface area contributed by atoms with Crippen LogP contribution in [0.3, 0.4) is 0 Å². The van der Waals surface area contributed by atoms with E-state index in [1.807, 2.05) is 0 Å². The third-order valence-electron chi connectivity index (χ3n) is 3.84. The van der Waals surface area contributed by atoms with E-state index in [1.165, 1.54) is 16.4 Å². The minimum absolute atomic E-state index is 0.116. The Bertz CT molecular complexity index is 948. The Morgan fingerprint density at radius 2 is 1.88 bits per heavy atom. The number of halogens is 2. The molecule has 3 rings (SSSR count). The number of nitrogens with zero attached hydrogens (tertiary/aromatic N) is 1. The molecule has 1 heterocycles. The molecule has 0 aliphatic carbocycles. The summed E-state index contributed by atoms with van der Waals surface area (Å²) in [6.45, 7) is 0.411. The van der Waals surface area contributed by atoms with Crippen LogP contribution in [0.25, 0.3) is 0 Å². The average Bonchev–Trinajstić information content (AvgIpc) is 2.90. The van der Waals surface area contributed by atoms with Crippen LogP contribution in [0.5, 0.6) is 0 Å². The number of anilines is 3. The fourth-order valence-electron chi connectivity index (χ4n) is 2.59. The largest absolute Gasteiger partial charge is 0.397 e. The Morgan fingerprint density at radius 1 is 1.12 bits per heavy atom. The highest BCUT2D eigenvalue weighted by Gasteiger charge is 2.29. The summed E-state index contributed by atoms with van der Waals surface area (Å²) in [4.78, 5) is 12.4. The van der Waals surface area contributed by atoms with E-state index in [0.717, 1.165) is 0 Å². The first-order valence-electron chi connectivity index (χ1n) is 7.44. The number of benzene rings is 2. The van der Waals surface area contributed by atoms with Gasteiger partial charge in [-0.2, -0.15) is 0 Å². The molecule has 0 radical (unpaired) electrons. The van der Waals surface area contributed by atoms with Gasteiger partial charge in [-0.15, -0.1) is 0 Å². The highest BCUT2D eigenvalue weighted by molar-refractivity contribution is 7.93. The first-order valence-corrected chi connectivity index (χ1v) is 9.81. The van der Waals surface area contributed by atoms with Crippen LogP contribution in [-0.4, -0.2) is 26.6 Å². The third-order valence-corrected chi connectivity index (χ3v) is 6.36. The van der Waals surface area contributed by atoms with E-state index in [4.69, 9.17) is 28.9 Å². The van der Waals surface area contributed by atoms with Crippen molar-refractivity contribution in [3.63, 3.8) is 0 Å². The first-order chi connectivity index (χ1) is 11.8. The molecule has 1 fully saturated rings. The molecule has 1 amide bonds. The topological polar surface area (TPSA) is 92.5 Å². The lowest BCUT2D eigenvalue weighted by Crippen LogP contribution is -2.25. The summed E-state index contributed by atoms with van der Waals surface area (Å²) in [6.07, 6.45) is 0.570. The van der Waals surface area contributed by atoms with Crippen LogP contribution >= 0.6 is 23.2 Å². The molecule has 25 heavy (non-hydrogen) atoms. The first kappa shape index (κ1) is 17.8. The van der Waals surface area contributed by atoms with Crippen molar-refractivity contribution in [3.05, 3.63) is 52.0 Å². The van der Waals surface area contributed by atoms with Crippen LogP contribution < -0.4 is 15.4 Å². The van der Waals surface area contributed by atoms with Crippen molar-refractivity contribution >= 4 is 56.2 Å². The zero-order chi connectivity index (χ0) is 18.2. The van der Waals surface area contributed by atoms with Crippen LogP contribution in [0, 0.1) is 0 Å². The molecular weight excluding hydrogens is 385 g/mol. The molecule has 6 nitrogen and oxygen atoms in total. The van der Waals surface area contributed by atoms with Crippen molar-refractivity contribution < 1.29 is 13.2 Å². The summed E-state index contributed by atoms with van der Waals surface area (Å²) in [5.41, 5.74) is 7.22. The minimum Gasteiger partial charge on any atom is -0.397 e. The van der Waals surface area contributed by atoms with Crippen LogP contribution in [0.2, 0.25) is 10.0 Å². The molecule has 0 aromatic heterocycles. The number of hydrogen-bond acceptors (Lipinski definition) is 4. The lowest BCUT2D eigenvalue weighted by Gasteiger charge is -2.18. The SMILES string of the molecule is Nc1cc(NC(=O)c2ccc(N3CCCS3(=O)=O)cc2Cl)ccc1Cl. The molecule has 2 aromatic rings. The number of amides is 1. The van der Waals surface area contributed by atoms with E-state index in [9.17, 15) is 13.2 Å². The molecule has 0 spiro atoms. The molecule has 132 valence electrons. The summed E-state index contributed by atoms with van der Waals surface area (Å²) in [5, 5.41) is 3.24. The number of carbonyl (C=O) groups excluding carboxylic acids is 1. The van der Waals surface area contributed by atoms with E-state index in [0.29, 0.717) is 35.1 Å². The summed E-state index contributed by atoms with van der Waals surface area (Å²) < 4.78 is 25.3. The maximum atomic E-state index is 12.4. The molecule has 2 aromatic carbocycles. The molecule has 0 atom stereocenters. The zero-order valence-electron chi connectivity index (χ0n) is 13.0. The Labute approximate surface area is 155 Å². The lowest BCUT2D eigenvalue weighted by molar-refractivity contribution is 0.102. The fraction of sp³-hybridized carbons (Fsp3) is 0.188. The number of nitrogen functional groups attached to an aromatic ring is 1. The van der Waals surface area contributed by atoms with Crippen LogP contribution in [-0.2, 0) is 10.0 Å². The maximum Gasteiger partial charge on any atom is 0.257 e. The van der Waals surface area contributed by atoms with Gasteiger partial charge in [0, 0.05) is 12.2 Å². The van der Waals surface area contributed by atoms with Crippen molar-refractivity contribution in [2.24, 2.45) is 0 Å². The quantitative estimate of drug-likeness (QED) is 0.773. The van der Waals surface area contributed by atoms with E-state index in [1.54, 1.807) is 24.3 Å². The van der Waals surface area contributed by atoms with Gasteiger partial charge < -0.3 is 11.1 Å². The number of carbonyl (C=O) groups is 1. The molecule has 0 bridgehead atoms. The number of hydrogen-bond donors (Lipinski definition) is 2. The van der Waals surface area contributed by atoms with Crippen molar-refractivity contribution in [1.29, 1.82) is 0 Å². The van der Waals surface area contributed by atoms with Gasteiger partial charge in [0.2, 0.25) is 10.0 Å². The Hall–Kier alpha value is -1.96. The van der Waals surface area contributed by atoms with Gasteiger partial charge in [-0.1, -0.05) is 23.2 Å². The second-order valence-corrected chi connectivity index (χ2v) is 8.42. The van der Waals surface area contributed by atoms with Gasteiger partial charge in [0.1, 0.15) is 0 Å². The van der Waals surface area contributed by atoms with Gasteiger partial charge in [-0.05, 0) is 42.8 Å². The molecule has 0 saturated carbocycles. The van der Waals surface area contributed by atoms with E-state index < -0.39 is 15.9 Å². The van der Waals surface area contributed by atoms with Gasteiger partial charge >= 0.3 is 0 Å². The number of sulfonamides is 1. The highest BCUT2D eigenvalue weighted by atomic mass is 35.5. The molecular formula is C16H15Cl2N3O3S. The highest BCUT2D eigenvalue weighted by Crippen LogP contribution is 2.29. The summed E-state index contributed by atoms with van der Waals surface area (Å²) in [7, 11) is -3.30. The van der Waals surface area contributed by atoms with Crippen LogP contribution in [0.4, 0.5) is 17.1 Å². The monoisotopic (exact) mass is 399 g/mol. The summed E-state index contributed by atoms with van der Waals surface area (Å²) in [5.74, 6) is -0.312. The summed E-state index contributed by atoms with van der Waals surface area (Å²) >= 11 is 12.0. The number of nitrogens with two attached hydrogens (primary N) is 1. The molecule has 9 heteroatoms. The van der Waals surface area contributed by atoms with Crippen molar-refractivity contribution in [1.82, 2.24) is 0 Å². The molecule has 0 unspecified atom stereocenters. The van der Waals surface area contributed by atoms with Crippen molar-refractivity contribution in [2.75, 3.05) is 27.7 Å². The number of rotatable bonds is 3. The van der Waals surface area contributed by atoms with E-state index >= 15 is 0 Å². The number of nitrogens with one attached hydrogen (secondary N) is 1. The third kappa shape index (κ3) is 3.68. The molecule has 3 N–H and O–H groups in total. The van der Waals surface area contributed by atoms with Crippen molar-refractivity contribution in [3.8, 4) is 0 Å². The smallest absolute Gasteiger partial charge is 0.257 e. The Morgan fingerprint density at radius 3 is 2.48 bits per heavy atom. The fourth-order valence-corrected chi connectivity index (χ4v) is 4.53. The summed E-state index contributed by atoms with van der Waals surface area (Å²) in [6, 6.07) is 9.29. The van der Waals surface area contributed by atoms with Crippen LogP contribution in [0.15, 0.2) is 36.4 Å². The second kappa shape index (κ2) is 6.74. The van der Waals surface area contributed by atoms with Gasteiger partial charge in [0.25, 0.3) is 5.91 Å². The van der Waals surface area contributed by atoms with Gasteiger partial charge in [0.05, 0.1) is 32.7 Å². The Balaban J connectivity index is 1.83. The lowest BCUT2D eigenvalue weighted by atomic mass is 10.1. The minimum atomic E-state index is -3.30. The van der Waals surface area contributed by atoms with E-state index in [-0.39, 0.29) is 16.3 Å². The van der Waals surface area contributed by atoms with E-state index in [2.05, 4.69) is 5.32 Å². The van der Waals surface area contributed by atoms with Gasteiger partial charge in [0.15, 0.2) is 0 Å². The van der Waals surface area contributed by atoms with Gasteiger partial charge in [-0.3, -0.25) is 9.10 Å². The Kier molecular flexibility index (Phi) is 4.81. The molecule has 1 aliphatic rings. The molecule has 1 saturated heterocycles. The standard InChI is InChI=1S/C16H15Cl2N3O3S/c17-13-5-2-10(8-15(13)19)20-16(22)12-4-3-11(9-14(12)18)21-6-1-7-25(21,23)24/h2-5,8-9H,1,6-7,19H2,(H,20,22). The predicted octanol–water partition coefficient (Wildman–Crippen LogP) is 3.37. The van der Waals surface area contributed by atoms with Gasteiger partial charge in [-0.25, -0.2) is 8.42 Å².